The topological polar surface area (TPSA) is 46.3 Å². The summed E-state index contributed by atoms with van der Waals surface area (Å²) in [5, 5.41) is 0. The van der Waals surface area contributed by atoms with E-state index in [9.17, 15) is 4.79 Å². The molecule has 0 aliphatic carbocycles. The summed E-state index contributed by atoms with van der Waals surface area (Å²) < 4.78 is 0. The monoisotopic (exact) mass is 232 g/mol. The van der Waals surface area contributed by atoms with Crippen molar-refractivity contribution in [1.82, 2.24) is 4.90 Å². The molecule has 0 saturated carbocycles. The maximum absolute atomic E-state index is 11.8. The van der Waals surface area contributed by atoms with E-state index in [0.29, 0.717) is 19.5 Å². The first-order valence-electron chi connectivity index (χ1n) is 6.08. The number of amides is 1. The normalized spacial score (nSPS) is 17.7. The Labute approximate surface area is 103 Å². The number of hydrogen-bond donors (Lipinski definition) is 1. The molecule has 2 rings (SSSR count). The van der Waals surface area contributed by atoms with Crippen molar-refractivity contribution in [3.63, 3.8) is 0 Å². The van der Waals surface area contributed by atoms with Crippen molar-refractivity contribution in [1.29, 1.82) is 0 Å². The van der Waals surface area contributed by atoms with Crippen LogP contribution in [0.3, 0.4) is 0 Å². The Kier molecular flexibility index (Phi) is 3.20. The van der Waals surface area contributed by atoms with Gasteiger partial charge in [0, 0.05) is 25.0 Å². The van der Waals surface area contributed by atoms with Crippen LogP contribution in [0.15, 0.2) is 24.3 Å². The van der Waals surface area contributed by atoms with E-state index >= 15 is 0 Å². The molecular weight excluding hydrogens is 212 g/mol. The second kappa shape index (κ2) is 4.49. The van der Waals surface area contributed by atoms with E-state index < -0.39 is 0 Å². The maximum Gasteiger partial charge on any atom is 0.223 e. The number of benzene rings is 1. The minimum absolute atomic E-state index is 0.167. The smallest absolute Gasteiger partial charge is 0.223 e. The lowest BCUT2D eigenvalue weighted by atomic mass is 9.93. The average Bonchev–Trinajstić information content (AvgIpc) is 2.24. The summed E-state index contributed by atoms with van der Waals surface area (Å²) in [6.45, 7) is 5.44. The molecule has 0 spiro atoms. The minimum atomic E-state index is -0.167. The van der Waals surface area contributed by atoms with Crippen LogP contribution in [0.2, 0.25) is 0 Å². The summed E-state index contributed by atoms with van der Waals surface area (Å²) in [7, 11) is 0. The van der Waals surface area contributed by atoms with Crippen molar-refractivity contribution in [3.8, 4) is 0 Å². The molecule has 1 aromatic carbocycles. The number of rotatable bonds is 3. The highest BCUT2D eigenvalue weighted by Gasteiger charge is 2.37. The van der Waals surface area contributed by atoms with Crippen molar-refractivity contribution in [2.24, 2.45) is 5.73 Å². The molecule has 0 radical (unpaired) electrons. The highest BCUT2D eigenvalue weighted by atomic mass is 16.2. The van der Waals surface area contributed by atoms with Gasteiger partial charge in [0.15, 0.2) is 0 Å². The van der Waals surface area contributed by atoms with Crippen molar-refractivity contribution in [2.75, 3.05) is 13.1 Å². The van der Waals surface area contributed by atoms with Crippen LogP contribution in [0.5, 0.6) is 0 Å². The van der Waals surface area contributed by atoms with Gasteiger partial charge in [0.25, 0.3) is 0 Å². The number of likely N-dealkylation sites (tertiary alicyclic amines) is 1. The van der Waals surface area contributed by atoms with E-state index in [4.69, 9.17) is 5.73 Å². The van der Waals surface area contributed by atoms with Gasteiger partial charge in [-0.3, -0.25) is 4.79 Å². The van der Waals surface area contributed by atoms with Crippen LogP contribution in [-0.4, -0.2) is 29.4 Å². The summed E-state index contributed by atoms with van der Waals surface area (Å²) in [6.07, 6.45) is 1.40. The Morgan fingerprint density at radius 3 is 2.47 bits per heavy atom. The average molecular weight is 232 g/mol. The van der Waals surface area contributed by atoms with Gasteiger partial charge in [-0.1, -0.05) is 29.8 Å². The number of hydrogen-bond acceptors (Lipinski definition) is 2. The molecule has 0 atom stereocenters. The first kappa shape index (κ1) is 12.1. The largest absolute Gasteiger partial charge is 0.339 e. The lowest BCUT2D eigenvalue weighted by Gasteiger charge is -2.45. The molecule has 1 aliphatic rings. The van der Waals surface area contributed by atoms with E-state index in [1.807, 2.05) is 11.8 Å². The molecule has 0 aromatic heterocycles. The number of carbonyl (C=O) groups excluding carboxylic acids is 1. The highest BCUT2D eigenvalue weighted by molar-refractivity contribution is 5.77. The molecule has 17 heavy (non-hydrogen) atoms. The summed E-state index contributed by atoms with van der Waals surface area (Å²) >= 11 is 0. The molecular formula is C14H20N2O. The van der Waals surface area contributed by atoms with Crippen LogP contribution in [0.1, 0.15) is 24.5 Å². The fraction of sp³-hybridized carbons (Fsp3) is 0.500. The SMILES string of the molecule is Cc1ccc(CCC(=O)N2CC(C)(N)C2)cc1. The van der Waals surface area contributed by atoms with Crippen LogP contribution < -0.4 is 5.73 Å². The van der Waals surface area contributed by atoms with Gasteiger partial charge in [0.05, 0.1) is 0 Å². The van der Waals surface area contributed by atoms with E-state index in [1.54, 1.807) is 0 Å². The minimum Gasteiger partial charge on any atom is -0.339 e. The summed E-state index contributed by atoms with van der Waals surface area (Å²) in [4.78, 5) is 13.7. The molecule has 1 saturated heterocycles. The van der Waals surface area contributed by atoms with Crippen LogP contribution in [0, 0.1) is 6.92 Å². The second-order valence-electron chi connectivity index (χ2n) is 5.39. The highest BCUT2D eigenvalue weighted by Crippen LogP contribution is 2.18. The van der Waals surface area contributed by atoms with Crippen LogP contribution >= 0.6 is 0 Å². The van der Waals surface area contributed by atoms with Gasteiger partial charge in [-0.15, -0.1) is 0 Å². The zero-order valence-electron chi connectivity index (χ0n) is 10.6. The van der Waals surface area contributed by atoms with Crippen molar-refractivity contribution < 1.29 is 4.79 Å². The van der Waals surface area contributed by atoms with E-state index in [0.717, 1.165) is 6.42 Å². The lowest BCUT2D eigenvalue weighted by molar-refractivity contribution is -0.138. The Morgan fingerprint density at radius 1 is 1.35 bits per heavy atom. The molecule has 0 bridgehead atoms. The first-order valence-corrected chi connectivity index (χ1v) is 6.08. The first-order chi connectivity index (χ1) is 7.96. The number of carbonyl (C=O) groups is 1. The van der Waals surface area contributed by atoms with Crippen molar-refractivity contribution in [2.45, 2.75) is 32.2 Å². The zero-order valence-corrected chi connectivity index (χ0v) is 10.6. The molecule has 1 fully saturated rings. The molecule has 3 nitrogen and oxygen atoms in total. The predicted molar refractivity (Wildman–Crippen MR) is 68.7 cm³/mol. The molecule has 1 heterocycles. The number of nitrogens with two attached hydrogens (primary N) is 1. The molecule has 1 aromatic rings. The van der Waals surface area contributed by atoms with Gasteiger partial charge in [-0.2, -0.15) is 0 Å². The fourth-order valence-electron chi connectivity index (χ4n) is 2.17. The molecule has 2 N–H and O–H groups in total. The summed E-state index contributed by atoms with van der Waals surface area (Å²) in [5.74, 6) is 0.216. The number of nitrogens with zero attached hydrogens (tertiary/aromatic N) is 1. The van der Waals surface area contributed by atoms with Crippen LogP contribution in [-0.2, 0) is 11.2 Å². The van der Waals surface area contributed by atoms with Gasteiger partial charge >= 0.3 is 0 Å². The molecule has 1 amide bonds. The maximum atomic E-state index is 11.8. The van der Waals surface area contributed by atoms with Crippen molar-refractivity contribution in [3.05, 3.63) is 35.4 Å². The van der Waals surface area contributed by atoms with Crippen LogP contribution in [0.4, 0.5) is 0 Å². The van der Waals surface area contributed by atoms with Gasteiger partial charge < -0.3 is 10.6 Å². The third-order valence-corrected chi connectivity index (χ3v) is 3.20. The van der Waals surface area contributed by atoms with Gasteiger partial charge in [-0.25, -0.2) is 0 Å². The van der Waals surface area contributed by atoms with E-state index in [2.05, 4.69) is 31.2 Å². The van der Waals surface area contributed by atoms with Crippen LogP contribution in [0.25, 0.3) is 0 Å². The van der Waals surface area contributed by atoms with Gasteiger partial charge in [-0.05, 0) is 25.8 Å². The summed E-state index contributed by atoms with van der Waals surface area (Å²) in [5.41, 5.74) is 8.19. The lowest BCUT2D eigenvalue weighted by Crippen LogP contribution is -2.66. The second-order valence-corrected chi connectivity index (χ2v) is 5.39. The Bertz CT molecular complexity index is 401. The van der Waals surface area contributed by atoms with Crippen molar-refractivity contribution >= 4 is 5.91 Å². The summed E-state index contributed by atoms with van der Waals surface area (Å²) in [6, 6.07) is 8.35. The zero-order chi connectivity index (χ0) is 12.5. The molecule has 1 aliphatic heterocycles. The van der Waals surface area contributed by atoms with Gasteiger partial charge in [0.1, 0.15) is 0 Å². The number of aryl methyl sites for hydroxylation is 2. The third-order valence-electron chi connectivity index (χ3n) is 3.20. The fourth-order valence-corrected chi connectivity index (χ4v) is 2.17. The van der Waals surface area contributed by atoms with E-state index in [1.165, 1.54) is 11.1 Å². The Balaban J connectivity index is 1.79. The molecule has 92 valence electrons. The molecule has 3 heteroatoms. The third kappa shape index (κ3) is 3.07. The van der Waals surface area contributed by atoms with Gasteiger partial charge in [0.2, 0.25) is 5.91 Å². The Morgan fingerprint density at radius 2 is 1.94 bits per heavy atom. The molecule has 0 unspecified atom stereocenters. The van der Waals surface area contributed by atoms with E-state index in [-0.39, 0.29) is 11.4 Å². The predicted octanol–water partition coefficient (Wildman–Crippen LogP) is 1.49. The standard InChI is InChI=1S/C14H20N2O/c1-11-3-5-12(6-4-11)7-8-13(17)16-9-14(2,15)10-16/h3-6H,7-10,15H2,1-2H3. The Hall–Kier alpha value is -1.35. The quantitative estimate of drug-likeness (QED) is 0.858.